The van der Waals surface area contributed by atoms with Crippen molar-refractivity contribution in [1.29, 1.82) is 0 Å². The van der Waals surface area contributed by atoms with Crippen LogP contribution in [0.2, 0.25) is 0 Å². The number of unbranched alkanes of at least 4 members (excludes halogenated alkanes) is 4. The summed E-state index contributed by atoms with van der Waals surface area (Å²) in [6, 6.07) is -4.92. The van der Waals surface area contributed by atoms with Crippen molar-refractivity contribution in [2.75, 3.05) is 18.8 Å². The van der Waals surface area contributed by atoms with Gasteiger partial charge in [0.1, 0.15) is 12.1 Å². The molecule has 2 rings (SSSR count). The van der Waals surface area contributed by atoms with E-state index in [0.29, 0.717) is 32.1 Å². The zero-order valence-electron chi connectivity index (χ0n) is 26.3. The highest BCUT2D eigenvalue weighted by Crippen LogP contribution is 2.25. The summed E-state index contributed by atoms with van der Waals surface area (Å²) in [7, 11) is -3.40. The topological polar surface area (TPSA) is 191 Å². The van der Waals surface area contributed by atoms with E-state index in [1.807, 2.05) is 0 Å². The van der Waals surface area contributed by atoms with Crippen LogP contribution >= 0.6 is 0 Å². The van der Waals surface area contributed by atoms with Gasteiger partial charge in [-0.1, -0.05) is 51.5 Å². The second-order valence-corrected chi connectivity index (χ2v) is 14.2. The molecule has 44 heavy (non-hydrogen) atoms. The number of sulfone groups is 1. The zero-order valence-corrected chi connectivity index (χ0v) is 27.1. The molecule has 0 spiro atoms. The molecule has 250 valence electrons. The van der Waals surface area contributed by atoms with Crippen molar-refractivity contribution in [3.05, 3.63) is 12.7 Å². The first-order valence-electron chi connectivity index (χ1n) is 15.8. The van der Waals surface area contributed by atoms with Crippen LogP contribution in [0.3, 0.4) is 0 Å². The SMILES string of the molecule is C=CCNC(=O)C(=O)C(C)NC(=O)C1CCCN1C(=O)C(NC(=O)NC(CCCCCCC)C1CCCCS1(=O)=O)C(C)O. The average Bonchev–Trinajstić information content (AvgIpc) is 3.47. The number of amides is 5. The number of carbonyl (C=O) groups is 5. The fourth-order valence-corrected chi connectivity index (χ4v) is 7.94. The maximum Gasteiger partial charge on any atom is 0.315 e. The van der Waals surface area contributed by atoms with Gasteiger partial charge in [-0.2, -0.15) is 0 Å². The molecule has 0 aliphatic carbocycles. The van der Waals surface area contributed by atoms with E-state index in [2.05, 4.69) is 34.8 Å². The van der Waals surface area contributed by atoms with E-state index in [0.717, 1.165) is 38.5 Å². The number of ketones is 1. The second-order valence-electron chi connectivity index (χ2n) is 11.8. The van der Waals surface area contributed by atoms with Crippen LogP contribution in [0.15, 0.2) is 12.7 Å². The van der Waals surface area contributed by atoms with Gasteiger partial charge in [0.15, 0.2) is 9.84 Å². The summed E-state index contributed by atoms with van der Waals surface area (Å²) in [5.41, 5.74) is 0. The molecule has 6 unspecified atom stereocenters. The van der Waals surface area contributed by atoms with Gasteiger partial charge in [0.25, 0.3) is 5.91 Å². The van der Waals surface area contributed by atoms with Gasteiger partial charge in [-0.15, -0.1) is 6.58 Å². The summed E-state index contributed by atoms with van der Waals surface area (Å²) in [5.74, 6) is -2.97. The predicted molar refractivity (Wildman–Crippen MR) is 166 cm³/mol. The van der Waals surface area contributed by atoms with E-state index in [1.54, 1.807) is 0 Å². The van der Waals surface area contributed by atoms with Crippen molar-refractivity contribution < 1.29 is 37.5 Å². The Labute approximate surface area is 261 Å². The molecule has 2 aliphatic heterocycles. The van der Waals surface area contributed by atoms with E-state index in [-0.39, 0.29) is 18.8 Å². The van der Waals surface area contributed by atoms with Crippen LogP contribution in [0.4, 0.5) is 4.79 Å². The number of carbonyl (C=O) groups excluding carboxylic acids is 5. The van der Waals surface area contributed by atoms with Crippen molar-refractivity contribution in [3.63, 3.8) is 0 Å². The standard InChI is InChI=1S/C30H51N5O8S/c1-5-7-8-9-10-14-22(24-16-11-12-19-44(24,42)43)33-30(41)34-25(21(4)36)29(40)35-18-13-15-23(35)27(38)32-20(3)26(37)28(39)31-17-6-2/h6,20-25,36H,2,5,7-19H2,1,3-4H3,(H,31,39)(H,32,38)(H2,33,34,41). The minimum Gasteiger partial charge on any atom is -0.391 e. The van der Waals surface area contributed by atoms with E-state index in [1.165, 1.54) is 24.8 Å². The monoisotopic (exact) mass is 641 g/mol. The lowest BCUT2D eigenvalue weighted by atomic mass is 10.0. The molecule has 2 heterocycles. The molecule has 0 bridgehead atoms. The molecule has 0 aromatic heterocycles. The third-order valence-corrected chi connectivity index (χ3v) is 10.6. The van der Waals surface area contributed by atoms with Gasteiger partial charge in [-0.05, 0) is 46.0 Å². The highest BCUT2D eigenvalue weighted by Gasteiger charge is 2.41. The Balaban J connectivity index is 2.09. The number of nitrogens with zero attached hydrogens (tertiary/aromatic N) is 1. The minimum absolute atomic E-state index is 0.0736. The number of Topliss-reactive ketones (excluding diaryl/α,β-unsaturated/α-hetero) is 1. The Kier molecular flexibility index (Phi) is 15.3. The van der Waals surface area contributed by atoms with Crippen molar-refractivity contribution in [1.82, 2.24) is 26.2 Å². The first kappa shape index (κ1) is 37.2. The molecule has 6 atom stereocenters. The molecule has 0 saturated carbocycles. The fraction of sp³-hybridized carbons (Fsp3) is 0.767. The van der Waals surface area contributed by atoms with Gasteiger partial charge in [0.05, 0.1) is 23.1 Å². The zero-order chi connectivity index (χ0) is 32.9. The molecule has 14 heteroatoms. The van der Waals surface area contributed by atoms with Gasteiger partial charge < -0.3 is 31.3 Å². The van der Waals surface area contributed by atoms with Crippen LogP contribution in [0.1, 0.15) is 91.4 Å². The maximum atomic E-state index is 13.6. The van der Waals surface area contributed by atoms with Crippen molar-refractivity contribution in [2.45, 2.75) is 127 Å². The van der Waals surface area contributed by atoms with Crippen molar-refractivity contribution in [2.24, 2.45) is 0 Å². The van der Waals surface area contributed by atoms with Crippen LogP contribution in [0, 0.1) is 0 Å². The van der Waals surface area contributed by atoms with Gasteiger partial charge in [0, 0.05) is 19.1 Å². The van der Waals surface area contributed by atoms with Crippen LogP contribution in [0.25, 0.3) is 0 Å². The summed E-state index contributed by atoms with van der Waals surface area (Å²) in [6.07, 6.45) is 7.95. The molecule has 5 N–H and O–H groups in total. The molecule has 2 aliphatic rings. The molecule has 0 aromatic carbocycles. The number of likely N-dealkylation sites (tertiary alicyclic amines) is 1. The number of hydrogen-bond acceptors (Lipinski definition) is 8. The van der Waals surface area contributed by atoms with Crippen LogP contribution in [-0.4, -0.2) is 102 Å². The van der Waals surface area contributed by atoms with Crippen LogP contribution < -0.4 is 21.3 Å². The van der Waals surface area contributed by atoms with E-state index in [4.69, 9.17) is 0 Å². The highest BCUT2D eigenvalue weighted by molar-refractivity contribution is 7.92. The summed E-state index contributed by atoms with van der Waals surface area (Å²) in [4.78, 5) is 65.3. The Hall–Kier alpha value is -3.00. The van der Waals surface area contributed by atoms with Crippen LogP contribution in [0.5, 0.6) is 0 Å². The Morgan fingerprint density at radius 2 is 1.68 bits per heavy atom. The molecule has 0 radical (unpaired) electrons. The first-order chi connectivity index (χ1) is 20.8. The number of urea groups is 1. The Morgan fingerprint density at radius 1 is 0.977 bits per heavy atom. The first-order valence-corrected chi connectivity index (χ1v) is 17.6. The Bertz CT molecular complexity index is 1130. The van der Waals surface area contributed by atoms with Gasteiger partial charge >= 0.3 is 6.03 Å². The van der Waals surface area contributed by atoms with Gasteiger partial charge in [0.2, 0.25) is 17.6 Å². The predicted octanol–water partition coefficient (Wildman–Crippen LogP) is 1.10. The van der Waals surface area contributed by atoms with Crippen molar-refractivity contribution >= 4 is 39.4 Å². The third-order valence-electron chi connectivity index (χ3n) is 8.27. The van der Waals surface area contributed by atoms with Crippen molar-refractivity contribution in [3.8, 4) is 0 Å². The lowest BCUT2D eigenvalue weighted by molar-refractivity contribution is -0.143. The molecular formula is C30H51N5O8S. The van der Waals surface area contributed by atoms with Gasteiger partial charge in [-0.3, -0.25) is 19.2 Å². The summed E-state index contributed by atoms with van der Waals surface area (Å²) in [5, 5.41) is 19.9. The lowest BCUT2D eigenvalue weighted by Gasteiger charge is -2.33. The third kappa shape index (κ3) is 10.9. The fourth-order valence-electron chi connectivity index (χ4n) is 5.80. The van der Waals surface area contributed by atoms with Crippen LogP contribution in [-0.2, 0) is 29.0 Å². The smallest absolute Gasteiger partial charge is 0.315 e. The number of aliphatic hydroxyl groups is 1. The molecule has 2 saturated heterocycles. The van der Waals surface area contributed by atoms with E-state index < -0.39 is 74.9 Å². The highest BCUT2D eigenvalue weighted by atomic mass is 32.2. The van der Waals surface area contributed by atoms with E-state index >= 15 is 0 Å². The molecule has 5 amide bonds. The second kappa shape index (κ2) is 18.1. The molecule has 13 nitrogen and oxygen atoms in total. The quantitative estimate of drug-likeness (QED) is 0.0886. The molecule has 2 fully saturated rings. The largest absolute Gasteiger partial charge is 0.391 e. The minimum atomic E-state index is -3.40. The lowest BCUT2D eigenvalue weighted by Crippen LogP contribution is -2.60. The number of aliphatic hydroxyl groups excluding tert-OH is 1. The Morgan fingerprint density at radius 3 is 2.32 bits per heavy atom. The number of hydrogen-bond donors (Lipinski definition) is 5. The van der Waals surface area contributed by atoms with E-state index in [9.17, 15) is 37.5 Å². The summed E-state index contributed by atoms with van der Waals surface area (Å²) >= 11 is 0. The number of rotatable bonds is 17. The summed E-state index contributed by atoms with van der Waals surface area (Å²) in [6.45, 7) is 8.55. The normalized spacial score (nSPS) is 22.1. The maximum absolute atomic E-state index is 13.6. The molecular weight excluding hydrogens is 590 g/mol. The average molecular weight is 642 g/mol. The van der Waals surface area contributed by atoms with Gasteiger partial charge in [-0.25, -0.2) is 13.2 Å². The number of nitrogens with one attached hydrogen (secondary N) is 4. The molecule has 0 aromatic rings. The summed E-state index contributed by atoms with van der Waals surface area (Å²) < 4.78 is 25.8.